The molecule has 2 aromatic rings. The molecule has 1 heterocycles. The highest BCUT2D eigenvalue weighted by molar-refractivity contribution is 7.11. The monoisotopic (exact) mass is 347 g/mol. The summed E-state index contributed by atoms with van der Waals surface area (Å²) in [6.45, 7) is 5.03. The number of anilines is 1. The van der Waals surface area contributed by atoms with E-state index in [1.165, 1.54) is 30.4 Å². The molecule has 0 fully saturated rings. The Bertz CT molecular complexity index is 782. The Labute approximate surface area is 144 Å². The van der Waals surface area contributed by atoms with Gasteiger partial charge in [-0.15, -0.1) is 11.3 Å². The first-order valence-corrected chi connectivity index (χ1v) is 8.24. The number of hydrogen-bond acceptors (Lipinski definition) is 4. The maximum Gasteiger partial charge on any atom is 0.331 e. The predicted molar refractivity (Wildman–Crippen MR) is 93.4 cm³/mol. The summed E-state index contributed by atoms with van der Waals surface area (Å²) < 4.78 is 18.5. The van der Waals surface area contributed by atoms with Crippen molar-refractivity contribution in [2.24, 2.45) is 0 Å². The lowest BCUT2D eigenvalue weighted by Gasteiger charge is -2.12. The summed E-state index contributed by atoms with van der Waals surface area (Å²) in [7, 11) is 0. The van der Waals surface area contributed by atoms with Gasteiger partial charge in [0, 0.05) is 16.6 Å². The van der Waals surface area contributed by atoms with E-state index in [0.717, 1.165) is 10.4 Å². The highest BCUT2D eigenvalue weighted by Gasteiger charge is 2.17. The average molecular weight is 347 g/mol. The summed E-state index contributed by atoms with van der Waals surface area (Å²) in [6.07, 6.45) is 1.95. The van der Waals surface area contributed by atoms with Crippen LogP contribution in [0.25, 0.3) is 6.08 Å². The van der Waals surface area contributed by atoms with Crippen LogP contribution in [0.4, 0.5) is 10.1 Å². The summed E-state index contributed by atoms with van der Waals surface area (Å²) in [5.74, 6) is -1.54. The summed E-state index contributed by atoms with van der Waals surface area (Å²) >= 11 is 1.51. The largest absolute Gasteiger partial charge is 0.449 e. The van der Waals surface area contributed by atoms with Crippen LogP contribution in [0.2, 0.25) is 0 Å². The number of halogens is 1. The van der Waals surface area contributed by atoms with E-state index in [-0.39, 0.29) is 0 Å². The second kappa shape index (κ2) is 7.88. The lowest BCUT2D eigenvalue weighted by Crippen LogP contribution is -2.29. The fraction of sp³-hybridized carbons (Fsp3) is 0.222. The zero-order valence-electron chi connectivity index (χ0n) is 13.6. The standard InChI is InChI=1S/C18H18FNO3S/c1-11-4-5-14(10-15(11)19)20-18(22)13(3)23-17(21)7-6-16-12(2)8-9-24-16/h4-10,13H,1-3H3,(H,20,22)/b7-6+/t13-/m1/s1. The number of rotatable bonds is 5. The van der Waals surface area contributed by atoms with Gasteiger partial charge in [-0.25, -0.2) is 9.18 Å². The summed E-state index contributed by atoms with van der Waals surface area (Å²) in [6, 6.07) is 6.33. The van der Waals surface area contributed by atoms with Crippen LogP contribution in [-0.4, -0.2) is 18.0 Å². The number of carbonyl (C=O) groups is 2. The van der Waals surface area contributed by atoms with Crippen LogP contribution < -0.4 is 5.32 Å². The van der Waals surface area contributed by atoms with Crippen molar-refractivity contribution in [2.75, 3.05) is 5.32 Å². The zero-order chi connectivity index (χ0) is 17.7. The van der Waals surface area contributed by atoms with E-state index in [9.17, 15) is 14.0 Å². The first kappa shape index (κ1) is 17.9. The molecule has 1 aromatic carbocycles. The number of ether oxygens (including phenoxy) is 1. The highest BCUT2D eigenvalue weighted by atomic mass is 32.1. The van der Waals surface area contributed by atoms with Crippen molar-refractivity contribution in [1.82, 2.24) is 0 Å². The van der Waals surface area contributed by atoms with E-state index < -0.39 is 23.8 Å². The molecule has 0 unspecified atom stereocenters. The fourth-order valence-corrected chi connectivity index (χ4v) is 2.70. The van der Waals surface area contributed by atoms with Gasteiger partial charge < -0.3 is 10.1 Å². The first-order valence-electron chi connectivity index (χ1n) is 7.36. The highest BCUT2D eigenvalue weighted by Crippen LogP contribution is 2.17. The topological polar surface area (TPSA) is 55.4 Å². The fourth-order valence-electron chi connectivity index (χ4n) is 1.88. The van der Waals surface area contributed by atoms with Gasteiger partial charge in [-0.05, 0) is 61.6 Å². The van der Waals surface area contributed by atoms with E-state index in [0.29, 0.717) is 11.3 Å². The van der Waals surface area contributed by atoms with Gasteiger partial charge in [0.15, 0.2) is 6.10 Å². The molecule has 126 valence electrons. The molecule has 0 aliphatic carbocycles. The lowest BCUT2D eigenvalue weighted by molar-refractivity contribution is -0.148. The average Bonchev–Trinajstić information content (AvgIpc) is 2.94. The van der Waals surface area contributed by atoms with Gasteiger partial charge in [-0.1, -0.05) is 6.07 Å². The third-order valence-corrected chi connectivity index (χ3v) is 4.36. The molecule has 1 N–H and O–H groups in total. The molecule has 0 aliphatic heterocycles. The van der Waals surface area contributed by atoms with E-state index >= 15 is 0 Å². The lowest BCUT2D eigenvalue weighted by atomic mass is 10.2. The third kappa shape index (κ3) is 4.76. The molecule has 1 atom stereocenters. The molecule has 1 aromatic heterocycles. The molecule has 0 bridgehead atoms. The number of hydrogen-bond donors (Lipinski definition) is 1. The van der Waals surface area contributed by atoms with Gasteiger partial charge in [0.1, 0.15) is 5.82 Å². The number of thiophene rings is 1. The molecule has 0 spiro atoms. The van der Waals surface area contributed by atoms with Crippen LogP contribution in [0.5, 0.6) is 0 Å². The Morgan fingerprint density at radius 2 is 2.00 bits per heavy atom. The van der Waals surface area contributed by atoms with Crippen molar-refractivity contribution in [3.8, 4) is 0 Å². The molecule has 4 nitrogen and oxygen atoms in total. The van der Waals surface area contributed by atoms with Gasteiger partial charge in [0.2, 0.25) is 0 Å². The summed E-state index contributed by atoms with van der Waals surface area (Å²) in [4.78, 5) is 24.7. The molecule has 0 radical (unpaired) electrons. The Balaban J connectivity index is 1.91. The zero-order valence-corrected chi connectivity index (χ0v) is 14.4. The molecule has 2 rings (SSSR count). The minimum atomic E-state index is -0.990. The Kier molecular flexibility index (Phi) is 5.87. The molecule has 6 heteroatoms. The Hall–Kier alpha value is -2.47. The SMILES string of the molecule is Cc1ccc(NC(=O)[C@@H](C)OC(=O)/C=C/c2sccc2C)cc1F. The molecule has 0 saturated carbocycles. The van der Waals surface area contributed by atoms with Crippen LogP contribution in [0.3, 0.4) is 0 Å². The number of benzene rings is 1. The van der Waals surface area contributed by atoms with Crippen molar-refractivity contribution in [3.63, 3.8) is 0 Å². The van der Waals surface area contributed by atoms with Crippen molar-refractivity contribution in [3.05, 3.63) is 57.5 Å². The van der Waals surface area contributed by atoms with Crippen LogP contribution in [0.15, 0.2) is 35.7 Å². The van der Waals surface area contributed by atoms with Gasteiger partial charge in [0.05, 0.1) is 0 Å². The van der Waals surface area contributed by atoms with Crippen LogP contribution in [0.1, 0.15) is 22.9 Å². The number of esters is 1. The normalized spacial score (nSPS) is 12.2. The maximum absolute atomic E-state index is 13.5. The van der Waals surface area contributed by atoms with Crippen LogP contribution in [-0.2, 0) is 14.3 Å². The smallest absolute Gasteiger partial charge is 0.331 e. The van der Waals surface area contributed by atoms with E-state index in [1.807, 2.05) is 18.4 Å². The molecular formula is C18H18FNO3S. The minimum absolute atomic E-state index is 0.316. The van der Waals surface area contributed by atoms with E-state index in [4.69, 9.17) is 4.74 Å². The molecule has 24 heavy (non-hydrogen) atoms. The molecular weight excluding hydrogens is 329 g/mol. The van der Waals surface area contributed by atoms with Crippen molar-refractivity contribution in [1.29, 1.82) is 0 Å². The van der Waals surface area contributed by atoms with Crippen LogP contribution in [0, 0.1) is 19.7 Å². The Morgan fingerprint density at radius 1 is 1.25 bits per heavy atom. The van der Waals surface area contributed by atoms with Gasteiger partial charge in [-0.3, -0.25) is 4.79 Å². The van der Waals surface area contributed by atoms with Crippen molar-refractivity contribution < 1.29 is 18.7 Å². The van der Waals surface area contributed by atoms with Crippen molar-refractivity contribution >= 4 is 35.0 Å². The first-order chi connectivity index (χ1) is 11.4. The maximum atomic E-state index is 13.5. The second-order valence-electron chi connectivity index (χ2n) is 5.33. The summed E-state index contributed by atoms with van der Waals surface area (Å²) in [5, 5.41) is 4.44. The Morgan fingerprint density at radius 3 is 2.62 bits per heavy atom. The summed E-state index contributed by atoms with van der Waals surface area (Å²) in [5.41, 5.74) is 1.87. The minimum Gasteiger partial charge on any atom is -0.449 e. The predicted octanol–water partition coefficient (Wildman–Crippen LogP) is 4.09. The van der Waals surface area contributed by atoms with E-state index in [2.05, 4.69) is 5.32 Å². The molecule has 1 amide bonds. The number of amides is 1. The van der Waals surface area contributed by atoms with Gasteiger partial charge >= 0.3 is 5.97 Å². The molecule has 0 saturated heterocycles. The van der Waals surface area contributed by atoms with E-state index in [1.54, 1.807) is 25.1 Å². The van der Waals surface area contributed by atoms with Gasteiger partial charge in [-0.2, -0.15) is 0 Å². The van der Waals surface area contributed by atoms with Crippen molar-refractivity contribution in [2.45, 2.75) is 26.9 Å². The molecule has 0 aliphatic rings. The van der Waals surface area contributed by atoms with Gasteiger partial charge in [0.25, 0.3) is 5.91 Å². The number of nitrogens with one attached hydrogen (secondary N) is 1. The number of aryl methyl sites for hydroxylation is 2. The third-order valence-electron chi connectivity index (χ3n) is 3.37. The van der Waals surface area contributed by atoms with Crippen LogP contribution >= 0.6 is 11.3 Å². The quantitative estimate of drug-likeness (QED) is 0.655. The number of carbonyl (C=O) groups excluding carboxylic acids is 2. The second-order valence-corrected chi connectivity index (χ2v) is 6.28.